The lowest BCUT2D eigenvalue weighted by molar-refractivity contribution is -0.137. The van der Waals surface area contributed by atoms with Gasteiger partial charge in [-0.25, -0.2) is 19.3 Å². The van der Waals surface area contributed by atoms with Crippen LogP contribution in [-0.4, -0.2) is 55.5 Å². The highest BCUT2D eigenvalue weighted by Crippen LogP contribution is 2.34. The molecule has 0 aliphatic carbocycles. The largest absolute Gasteiger partial charge is 0.481 e. The lowest BCUT2D eigenvalue weighted by atomic mass is 9.96. The molecule has 0 saturated carbocycles. The Balaban J connectivity index is 1.61. The number of nitrogens with zero attached hydrogens (tertiary/aromatic N) is 4. The van der Waals surface area contributed by atoms with Crippen molar-refractivity contribution in [1.29, 1.82) is 0 Å². The van der Waals surface area contributed by atoms with Crippen molar-refractivity contribution in [2.75, 3.05) is 25.4 Å². The summed E-state index contributed by atoms with van der Waals surface area (Å²) in [5.41, 5.74) is 8.59. The number of carboxylic acid groups (broad SMARTS) is 1. The summed E-state index contributed by atoms with van der Waals surface area (Å²) < 4.78 is 13.4. The Morgan fingerprint density at radius 3 is 2.60 bits per heavy atom. The van der Waals surface area contributed by atoms with Gasteiger partial charge >= 0.3 is 5.97 Å². The number of carbonyl (C=O) groups is 1. The molecule has 1 aliphatic heterocycles. The monoisotopic (exact) mass is 410 g/mol. The second-order valence-electron chi connectivity index (χ2n) is 7.41. The molecule has 3 heterocycles. The van der Waals surface area contributed by atoms with E-state index in [9.17, 15) is 9.18 Å². The summed E-state index contributed by atoms with van der Waals surface area (Å²) in [7, 11) is 0. The van der Waals surface area contributed by atoms with Crippen LogP contribution in [0.2, 0.25) is 0 Å². The van der Waals surface area contributed by atoms with Gasteiger partial charge in [0.05, 0.1) is 23.5 Å². The number of hydrogen-bond donors (Lipinski definition) is 3. The Hall–Kier alpha value is -3.33. The number of aromatic nitrogens is 4. The molecule has 1 aliphatic rings. The summed E-state index contributed by atoms with van der Waals surface area (Å²) in [6.07, 6.45) is 3.50. The van der Waals surface area contributed by atoms with Crippen LogP contribution in [0.3, 0.4) is 0 Å². The maximum Gasteiger partial charge on any atom is 0.304 e. The third kappa shape index (κ3) is 4.46. The van der Waals surface area contributed by atoms with Gasteiger partial charge in [0.25, 0.3) is 0 Å². The number of halogens is 1. The summed E-state index contributed by atoms with van der Waals surface area (Å²) in [6.45, 7) is 2.20. The first-order valence-corrected chi connectivity index (χ1v) is 9.88. The van der Waals surface area contributed by atoms with E-state index >= 15 is 0 Å². The van der Waals surface area contributed by atoms with Crippen LogP contribution in [0.15, 0.2) is 36.5 Å². The van der Waals surface area contributed by atoms with Crippen molar-refractivity contribution in [3.05, 3.63) is 48.2 Å². The number of nitrogens with one attached hydrogen (secondary N) is 1. The number of likely N-dealkylation sites (tertiary alicyclic amines) is 1. The first-order valence-electron chi connectivity index (χ1n) is 9.88. The van der Waals surface area contributed by atoms with Crippen molar-refractivity contribution < 1.29 is 14.3 Å². The van der Waals surface area contributed by atoms with Crippen molar-refractivity contribution in [2.24, 2.45) is 0 Å². The third-order valence-electron chi connectivity index (χ3n) is 5.39. The van der Waals surface area contributed by atoms with E-state index in [4.69, 9.17) is 15.8 Å². The molecule has 1 fully saturated rings. The van der Waals surface area contributed by atoms with Gasteiger partial charge < -0.3 is 20.7 Å². The molecule has 1 aromatic carbocycles. The van der Waals surface area contributed by atoms with E-state index in [0.29, 0.717) is 17.9 Å². The van der Waals surface area contributed by atoms with E-state index in [-0.39, 0.29) is 24.1 Å². The molecule has 30 heavy (non-hydrogen) atoms. The second kappa shape index (κ2) is 8.58. The Morgan fingerprint density at radius 2 is 1.93 bits per heavy atom. The van der Waals surface area contributed by atoms with E-state index in [1.165, 1.54) is 12.1 Å². The van der Waals surface area contributed by atoms with Crippen LogP contribution in [0, 0.1) is 5.82 Å². The van der Waals surface area contributed by atoms with Crippen LogP contribution >= 0.6 is 0 Å². The van der Waals surface area contributed by atoms with Crippen molar-refractivity contribution in [2.45, 2.75) is 25.2 Å². The Kier molecular flexibility index (Phi) is 5.71. The van der Waals surface area contributed by atoms with Gasteiger partial charge in [-0.1, -0.05) is 0 Å². The summed E-state index contributed by atoms with van der Waals surface area (Å²) in [4.78, 5) is 29.5. The molecular weight excluding hydrogens is 387 g/mol. The molecule has 1 saturated heterocycles. The lowest BCUT2D eigenvalue weighted by Crippen LogP contribution is -2.34. The number of H-pyrrole nitrogens is 1. The number of piperidine rings is 1. The van der Waals surface area contributed by atoms with Gasteiger partial charge in [0.2, 0.25) is 5.95 Å². The maximum atomic E-state index is 13.4. The highest BCUT2D eigenvalue weighted by Gasteiger charge is 2.25. The smallest absolute Gasteiger partial charge is 0.304 e. The zero-order valence-electron chi connectivity index (χ0n) is 16.4. The number of aliphatic carboxylic acids is 1. The lowest BCUT2D eigenvalue weighted by Gasteiger charge is -2.30. The summed E-state index contributed by atoms with van der Waals surface area (Å²) in [5, 5.41) is 8.88. The first kappa shape index (κ1) is 20.0. The van der Waals surface area contributed by atoms with Crippen LogP contribution in [-0.2, 0) is 4.79 Å². The highest BCUT2D eigenvalue weighted by molar-refractivity contribution is 5.77. The van der Waals surface area contributed by atoms with E-state index in [1.807, 2.05) is 0 Å². The zero-order valence-corrected chi connectivity index (χ0v) is 16.4. The van der Waals surface area contributed by atoms with Crippen molar-refractivity contribution in [1.82, 2.24) is 24.8 Å². The maximum absolute atomic E-state index is 13.4. The van der Waals surface area contributed by atoms with Crippen LogP contribution in [0.4, 0.5) is 10.3 Å². The molecule has 8 nitrogen and oxygen atoms in total. The molecule has 0 spiro atoms. The van der Waals surface area contributed by atoms with Crippen LogP contribution in [0.25, 0.3) is 22.6 Å². The predicted molar refractivity (Wildman–Crippen MR) is 110 cm³/mol. The number of carboxylic acids is 1. The number of rotatable bonds is 6. The highest BCUT2D eigenvalue weighted by atomic mass is 19.1. The summed E-state index contributed by atoms with van der Waals surface area (Å²) >= 11 is 0. The molecule has 0 unspecified atom stereocenters. The summed E-state index contributed by atoms with van der Waals surface area (Å²) in [6, 6.07) is 7.95. The van der Waals surface area contributed by atoms with E-state index in [1.54, 1.807) is 24.4 Å². The third-order valence-corrected chi connectivity index (χ3v) is 5.39. The Morgan fingerprint density at radius 1 is 1.20 bits per heavy atom. The number of aromatic amines is 1. The van der Waals surface area contributed by atoms with Gasteiger partial charge in [0.1, 0.15) is 11.6 Å². The molecule has 0 amide bonds. The quantitative estimate of drug-likeness (QED) is 0.571. The SMILES string of the molecule is Nc1nccc(-c2[nH]c(C3CCN(CCC(=O)O)CC3)nc2-c2ccc(F)cc2)n1. The fraction of sp³-hybridized carbons (Fsp3) is 0.333. The van der Waals surface area contributed by atoms with Crippen molar-refractivity contribution >= 4 is 11.9 Å². The van der Waals surface area contributed by atoms with Gasteiger partial charge in [0, 0.05) is 24.2 Å². The van der Waals surface area contributed by atoms with Crippen molar-refractivity contribution in [3.8, 4) is 22.6 Å². The number of benzene rings is 1. The topological polar surface area (TPSA) is 121 Å². The zero-order chi connectivity index (χ0) is 21.1. The molecule has 2 aromatic heterocycles. The first-order chi connectivity index (χ1) is 14.5. The van der Waals surface area contributed by atoms with Gasteiger partial charge in [-0.15, -0.1) is 0 Å². The summed E-state index contributed by atoms with van der Waals surface area (Å²) in [5.74, 6) is 0.148. The van der Waals surface area contributed by atoms with E-state index < -0.39 is 5.97 Å². The van der Waals surface area contributed by atoms with Crippen molar-refractivity contribution in [3.63, 3.8) is 0 Å². The van der Waals surface area contributed by atoms with E-state index in [0.717, 1.165) is 43.0 Å². The number of imidazole rings is 1. The van der Waals surface area contributed by atoms with Crippen LogP contribution in [0.5, 0.6) is 0 Å². The molecule has 0 atom stereocenters. The molecule has 9 heteroatoms. The van der Waals surface area contributed by atoms with Crippen LogP contribution < -0.4 is 5.73 Å². The average molecular weight is 410 g/mol. The Labute approximate surface area is 173 Å². The molecule has 0 bridgehead atoms. The standard InChI is InChI=1S/C21H23FN6O2/c22-15-3-1-13(2-4-15)18-19(16-5-9-24-21(23)25-16)27-20(26-18)14-6-10-28(11-7-14)12-8-17(29)30/h1-5,9,14H,6-8,10-12H2,(H,26,27)(H,29,30)(H2,23,24,25). The normalized spacial score (nSPS) is 15.4. The average Bonchev–Trinajstić information content (AvgIpc) is 3.19. The molecule has 156 valence electrons. The van der Waals surface area contributed by atoms with Gasteiger partial charge in [-0.3, -0.25) is 4.79 Å². The molecule has 0 radical (unpaired) electrons. The van der Waals surface area contributed by atoms with E-state index in [2.05, 4.69) is 19.9 Å². The van der Waals surface area contributed by atoms with Gasteiger partial charge in [0.15, 0.2) is 0 Å². The Bertz CT molecular complexity index is 1030. The number of nitrogens with two attached hydrogens (primary N) is 1. The fourth-order valence-electron chi connectivity index (χ4n) is 3.78. The molecule has 3 aromatic rings. The minimum absolute atomic E-state index is 0.152. The molecular formula is C21H23FN6O2. The van der Waals surface area contributed by atoms with Crippen LogP contribution in [0.1, 0.15) is 31.0 Å². The number of nitrogen functional groups attached to an aromatic ring is 1. The van der Waals surface area contributed by atoms with Gasteiger partial charge in [-0.2, -0.15) is 0 Å². The molecule has 4 N–H and O–H groups in total. The number of anilines is 1. The fourth-order valence-corrected chi connectivity index (χ4v) is 3.78. The molecule has 4 rings (SSSR count). The minimum atomic E-state index is -0.777. The second-order valence-corrected chi connectivity index (χ2v) is 7.41. The van der Waals surface area contributed by atoms with Gasteiger partial charge in [-0.05, 0) is 56.3 Å². The number of hydrogen-bond acceptors (Lipinski definition) is 6. The minimum Gasteiger partial charge on any atom is -0.481 e. The predicted octanol–water partition coefficient (Wildman–Crippen LogP) is 2.91.